The highest BCUT2D eigenvalue weighted by Crippen LogP contribution is 2.18. The van der Waals surface area contributed by atoms with Gasteiger partial charge < -0.3 is 0 Å². The molecule has 0 aliphatic carbocycles. The summed E-state index contributed by atoms with van der Waals surface area (Å²) in [5, 5.41) is 17.9. The summed E-state index contributed by atoms with van der Waals surface area (Å²) in [6.07, 6.45) is 0. The molecule has 0 atom stereocenters. The molecule has 0 aliphatic heterocycles. The van der Waals surface area contributed by atoms with Gasteiger partial charge in [-0.3, -0.25) is 0 Å². The number of hydrogen-bond acceptors (Lipinski definition) is 2. The number of aryl methyl sites for hydroxylation is 1. The van der Waals surface area contributed by atoms with Crippen LogP contribution in [-0.4, -0.2) is 0 Å². The van der Waals surface area contributed by atoms with Crippen molar-refractivity contribution in [1.82, 2.24) is 0 Å². The first-order valence-electron chi connectivity index (χ1n) is 5.92. The van der Waals surface area contributed by atoms with Crippen molar-refractivity contribution in [3.8, 4) is 12.1 Å². The normalized spacial score (nSPS) is 9.05. The van der Waals surface area contributed by atoms with E-state index in [2.05, 4.69) is 59.9 Å². The highest BCUT2D eigenvalue weighted by atomic mass is 79.9. The summed E-state index contributed by atoms with van der Waals surface area (Å²) < 4.78 is 2.02. The third-order valence-corrected chi connectivity index (χ3v) is 4.23. The summed E-state index contributed by atoms with van der Waals surface area (Å²) >= 11 is 9.96. The molecule has 2 rings (SSSR count). The van der Waals surface area contributed by atoms with Gasteiger partial charge in [-0.25, -0.2) is 0 Å². The second-order valence-electron chi connectivity index (χ2n) is 4.12. The van der Waals surface area contributed by atoms with E-state index in [0.717, 1.165) is 36.5 Å². The fourth-order valence-corrected chi connectivity index (χ4v) is 2.88. The third kappa shape index (κ3) is 5.63. The number of nitriles is 2. The van der Waals surface area contributed by atoms with Gasteiger partial charge in [-0.15, -0.1) is 0 Å². The molecule has 2 aromatic rings. The van der Waals surface area contributed by atoms with Gasteiger partial charge in [-0.05, 0) is 54.4 Å². The first-order chi connectivity index (χ1) is 10.0. The van der Waals surface area contributed by atoms with E-state index < -0.39 is 0 Å². The molecule has 0 aliphatic rings. The van der Waals surface area contributed by atoms with Crippen molar-refractivity contribution in [2.75, 3.05) is 0 Å². The molecule has 0 radical (unpaired) electrons. The first-order valence-corrected chi connectivity index (χ1v) is 8.63. The molecule has 21 heavy (non-hydrogen) atoms. The smallest absolute Gasteiger partial charge is 0.0994 e. The number of rotatable bonds is 1. The average molecular weight is 471 g/mol. The summed E-state index contributed by atoms with van der Waals surface area (Å²) in [4.78, 5) is 0. The van der Waals surface area contributed by atoms with Crippen LogP contribution >= 0.6 is 47.8 Å². The van der Waals surface area contributed by atoms with Crippen LogP contribution in [0, 0.1) is 29.6 Å². The van der Waals surface area contributed by atoms with Gasteiger partial charge in [0.05, 0.1) is 23.3 Å². The molecule has 0 N–H and O–H groups in total. The number of benzene rings is 2. The predicted octanol–water partition coefficient (Wildman–Crippen LogP) is 5.84. The van der Waals surface area contributed by atoms with Crippen molar-refractivity contribution in [2.24, 2.45) is 0 Å². The van der Waals surface area contributed by atoms with Crippen molar-refractivity contribution in [3.63, 3.8) is 0 Å². The number of hydrogen-bond donors (Lipinski definition) is 0. The summed E-state index contributed by atoms with van der Waals surface area (Å²) in [5.41, 5.74) is 3.49. The van der Waals surface area contributed by atoms with Gasteiger partial charge in [0.15, 0.2) is 0 Å². The Bertz CT molecular complexity index is 712. The van der Waals surface area contributed by atoms with E-state index in [1.165, 1.54) is 0 Å². The summed E-state index contributed by atoms with van der Waals surface area (Å²) in [6, 6.07) is 15.4. The van der Waals surface area contributed by atoms with E-state index in [4.69, 9.17) is 10.5 Å². The maximum absolute atomic E-state index is 8.65. The number of alkyl halides is 1. The fourth-order valence-electron chi connectivity index (χ4n) is 1.53. The Hall–Kier alpha value is -1.14. The van der Waals surface area contributed by atoms with Crippen LogP contribution < -0.4 is 0 Å². The molecule has 0 bridgehead atoms. The molecule has 2 nitrogen and oxygen atoms in total. The van der Waals surface area contributed by atoms with Crippen LogP contribution in [-0.2, 0) is 5.33 Å². The second kappa shape index (κ2) is 9.00. The summed E-state index contributed by atoms with van der Waals surface area (Å²) in [7, 11) is 0. The summed E-state index contributed by atoms with van der Waals surface area (Å²) in [5.74, 6) is 0. The molecular weight excluding hydrogens is 460 g/mol. The molecule has 0 saturated carbocycles. The fraction of sp³-hybridized carbons (Fsp3) is 0.125. The zero-order valence-corrected chi connectivity index (χ0v) is 16.0. The van der Waals surface area contributed by atoms with Crippen LogP contribution in [0.3, 0.4) is 0 Å². The molecule has 0 saturated heterocycles. The Balaban J connectivity index is 0.000000211. The maximum Gasteiger partial charge on any atom is 0.0994 e. The van der Waals surface area contributed by atoms with E-state index in [0.29, 0.717) is 0 Å². The summed E-state index contributed by atoms with van der Waals surface area (Å²) in [6.45, 7) is 1.92. The monoisotopic (exact) mass is 468 g/mol. The van der Waals surface area contributed by atoms with Gasteiger partial charge >= 0.3 is 0 Å². The molecule has 5 heteroatoms. The Morgan fingerprint density at radius 3 is 1.90 bits per heavy atom. The Kier molecular flexibility index (Phi) is 7.67. The van der Waals surface area contributed by atoms with Crippen LogP contribution in [0.2, 0.25) is 0 Å². The minimum absolute atomic E-state index is 0.718. The first kappa shape index (κ1) is 17.9. The molecule has 106 valence electrons. The maximum atomic E-state index is 8.65. The second-order valence-corrected chi connectivity index (χ2v) is 6.51. The SMILES string of the molecule is Cc1cc(Br)ccc1C#N.N#Cc1ccc(Br)cc1CBr. The van der Waals surface area contributed by atoms with Crippen LogP contribution in [0.5, 0.6) is 0 Å². The van der Waals surface area contributed by atoms with Gasteiger partial charge in [-0.2, -0.15) is 10.5 Å². The van der Waals surface area contributed by atoms with Crippen molar-refractivity contribution in [1.29, 1.82) is 10.5 Å². The zero-order valence-electron chi connectivity index (χ0n) is 11.2. The lowest BCUT2D eigenvalue weighted by Gasteiger charge is -1.98. The largest absolute Gasteiger partial charge is 0.192 e. The lowest BCUT2D eigenvalue weighted by molar-refractivity contribution is 1.36. The van der Waals surface area contributed by atoms with Crippen LogP contribution in [0.1, 0.15) is 22.3 Å². The van der Waals surface area contributed by atoms with E-state index >= 15 is 0 Å². The Morgan fingerprint density at radius 2 is 1.43 bits per heavy atom. The van der Waals surface area contributed by atoms with Crippen molar-refractivity contribution >= 4 is 47.8 Å². The quantitative estimate of drug-likeness (QED) is 0.491. The number of halogens is 3. The third-order valence-electron chi connectivity index (χ3n) is 2.64. The molecule has 0 amide bonds. The van der Waals surface area contributed by atoms with Gasteiger partial charge in [0.1, 0.15) is 0 Å². The molecule has 0 spiro atoms. The van der Waals surface area contributed by atoms with Crippen LogP contribution in [0.15, 0.2) is 45.3 Å². The minimum atomic E-state index is 0.718. The Labute approximate surface area is 149 Å². The van der Waals surface area contributed by atoms with Crippen molar-refractivity contribution in [3.05, 3.63) is 67.6 Å². The number of nitrogens with zero attached hydrogens (tertiary/aromatic N) is 2. The van der Waals surface area contributed by atoms with Gasteiger partial charge in [0, 0.05) is 14.3 Å². The lowest BCUT2D eigenvalue weighted by Crippen LogP contribution is -1.84. The van der Waals surface area contributed by atoms with Gasteiger partial charge in [-0.1, -0.05) is 47.8 Å². The lowest BCUT2D eigenvalue weighted by atomic mass is 10.1. The highest BCUT2D eigenvalue weighted by molar-refractivity contribution is 9.10. The standard InChI is InChI=1S/C8H5Br2N.C8H6BrN/c9-4-7-3-8(10)2-1-6(7)5-11;1-6-4-8(9)3-2-7(6)5-10/h1-3H,4H2;2-4H,1H3. The molecule has 0 unspecified atom stereocenters. The van der Waals surface area contributed by atoms with Gasteiger partial charge in [0.2, 0.25) is 0 Å². The molecular formula is C16H11Br3N2. The topological polar surface area (TPSA) is 47.6 Å². The molecule has 0 heterocycles. The van der Waals surface area contributed by atoms with E-state index in [9.17, 15) is 0 Å². The van der Waals surface area contributed by atoms with Gasteiger partial charge in [0.25, 0.3) is 0 Å². The zero-order chi connectivity index (χ0) is 15.8. The minimum Gasteiger partial charge on any atom is -0.192 e. The molecule has 2 aromatic carbocycles. The average Bonchev–Trinajstić information content (AvgIpc) is 2.48. The van der Waals surface area contributed by atoms with Crippen molar-refractivity contribution < 1.29 is 0 Å². The highest BCUT2D eigenvalue weighted by Gasteiger charge is 1.99. The van der Waals surface area contributed by atoms with Crippen molar-refractivity contribution in [2.45, 2.75) is 12.3 Å². The van der Waals surface area contributed by atoms with E-state index in [-0.39, 0.29) is 0 Å². The van der Waals surface area contributed by atoms with Crippen LogP contribution in [0.25, 0.3) is 0 Å². The van der Waals surface area contributed by atoms with E-state index in [1.807, 2.05) is 31.2 Å². The Morgan fingerprint density at radius 1 is 0.905 bits per heavy atom. The van der Waals surface area contributed by atoms with Crippen LogP contribution in [0.4, 0.5) is 0 Å². The molecule has 0 aromatic heterocycles. The van der Waals surface area contributed by atoms with E-state index in [1.54, 1.807) is 12.1 Å². The predicted molar refractivity (Wildman–Crippen MR) is 95.1 cm³/mol. The molecule has 0 fully saturated rings.